The quantitative estimate of drug-likeness (QED) is 0.848. The van der Waals surface area contributed by atoms with Crippen LogP contribution in [0.25, 0.3) is 0 Å². The molecule has 1 heterocycles. The van der Waals surface area contributed by atoms with Gasteiger partial charge in [-0.3, -0.25) is 0 Å². The maximum atomic E-state index is 14.0. The van der Waals surface area contributed by atoms with Crippen molar-refractivity contribution in [1.29, 1.82) is 0 Å². The van der Waals surface area contributed by atoms with E-state index >= 15 is 0 Å². The normalized spacial score (nSPS) is 26.2. The number of β-amino-alcohol motifs (C(OH)–C–C–N with tert-alkyl or cyclic N) is 1. The molecule has 0 aromatic heterocycles. The summed E-state index contributed by atoms with van der Waals surface area (Å²) in [6.45, 7) is 4.84. The van der Waals surface area contributed by atoms with Gasteiger partial charge in [0.25, 0.3) is 0 Å². The lowest BCUT2D eigenvalue weighted by molar-refractivity contribution is 0.102. The number of nitrogens with zero attached hydrogens (tertiary/aromatic N) is 1. The number of aliphatic hydroxyl groups excluding tert-OH is 2. The highest BCUT2D eigenvalue weighted by Gasteiger charge is 2.25. The molecule has 0 spiro atoms. The highest BCUT2D eigenvalue weighted by Crippen LogP contribution is 2.27. The molecule has 1 aromatic rings. The van der Waals surface area contributed by atoms with Crippen LogP contribution in [-0.2, 0) is 0 Å². The second kappa shape index (κ2) is 5.24. The molecule has 2 N–H and O–H groups in total. The summed E-state index contributed by atoms with van der Waals surface area (Å²) in [5.74, 6) is -0.0730. The topological polar surface area (TPSA) is 43.7 Å². The van der Waals surface area contributed by atoms with Gasteiger partial charge in [0.1, 0.15) is 5.82 Å². The van der Waals surface area contributed by atoms with Gasteiger partial charge in [-0.2, -0.15) is 0 Å². The zero-order chi connectivity index (χ0) is 13.3. The molecule has 100 valence electrons. The van der Waals surface area contributed by atoms with Gasteiger partial charge in [0, 0.05) is 13.1 Å². The van der Waals surface area contributed by atoms with Gasteiger partial charge in [0.2, 0.25) is 0 Å². The molecule has 0 bridgehead atoms. The SMILES string of the molecule is CC1CCN(c2ccc([C@H](C)O)cc2F)CC1O. The molecule has 3 atom stereocenters. The molecule has 1 aliphatic rings. The number of hydrogen-bond donors (Lipinski definition) is 2. The summed E-state index contributed by atoms with van der Waals surface area (Å²) in [5.41, 5.74) is 1.08. The fourth-order valence-corrected chi connectivity index (χ4v) is 2.31. The lowest BCUT2D eigenvalue weighted by atomic mass is 9.95. The van der Waals surface area contributed by atoms with Gasteiger partial charge in [0.15, 0.2) is 0 Å². The van der Waals surface area contributed by atoms with Crippen molar-refractivity contribution in [1.82, 2.24) is 0 Å². The number of anilines is 1. The summed E-state index contributed by atoms with van der Waals surface area (Å²) in [4.78, 5) is 1.87. The van der Waals surface area contributed by atoms with Crippen LogP contribution in [-0.4, -0.2) is 29.4 Å². The van der Waals surface area contributed by atoms with E-state index in [1.807, 2.05) is 11.8 Å². The minimum Gasteiger partial charge on any atom is -0.391 e. The molecule has 4 heteroatoms. The Morgan fingerprint density at radius 2 is 2.17 bits per heavy atom. The van der Waals surface area contributed by atoms with Gasteiger partial charge in [-0.25, -0.2) is 4.39 Å². The van der Waals surface area contributed by atoms with Crippen LogP contribution in [0.3, 0.4) is 0 Å². The van der Waals surface area contributed by atoms with Crippen molar-refractivity contribution in [2.45, 2.75) is 32.5 Å². The fourth-order valence-electron chi connectivity index (χ4n) is 2.31. The van der Waals surface area contributed by atoms with E-state index < -0.39 is 12.2 Å². The van der Waals surface area contributed by atoms with Gasteiger partial charge >= 0.3 is 0 Å². The van der Waals surface area contributed by atoms with E-state index in [2.05, 4.69) is 0 Å². The Hall–Kier alpha value is -1.13. The van der Waals surface area contributed by atoms with Crippen molar-refractivity contribution >= 4 is 5.69 Å². The van der Waals surface area contributed by atoms with Crippen molar-refractivity contribution in [2.75, 3.05) is 18.0 Å². The lowest BCUT2D eigenvalue weighted by Gasteiger charge is -2.36. The van der Waals surface area contributed by atoms with E-state index in [9.17, 15) is 14.6 Å². The van der Waals surface area contributed by atoms with Gasteiger partial charge in [-0.05, 0) is 37.0 Å². The third kappa shape index (κ3) is 2.65. The number of halogens is 1. The van der Waals surface area contributed by atoms with Crippen LogP contribution in [0, 0.1) is 11.7 Å². The van der Waals surface area contributed by atoms with Crippen LogP contribution in [0.1, 0.15) is 31.9 Å². The molecule has 0 aliphatic carbocycles. The van der Waals surface area contributed by atoms with Crippen LogP contribution in [0.5, 0.6) is 0 Å². The summed E-state index contributed by atoms with van der Waals surface area (Å²) in [6.07, 6.45) is -0.214. The number of piperidine rings is 1. The van der Waals surface area contributed by atoms with Gasteiger partial charge in [-0.15, -0.1) is 0 Å². The molecule has 0 saturated carbocycles. The van der Waals surface area contributed by atoms with E-state index in [1.54, 1.807) is 19.1 Å². The van der Waals surface area contributed by atoms with Crippen LogP contribution >= 0.6 is 0 Å². The number of aliphatic hydroxyl groups is 2. The Kier molecular flexibility index (Phi) is 3.88. The van der Waals surface area contributed by atoms with Crippen LogP contribution in [0.15, 0.2) is 18.2 Å². The zero-order valence-electron chi connectivity index (χ0n) is 10.8. The predicted octanol–water partition coefficient (Wildman–Crippen LogP) is 2.09. The summed E-state index contributed by atoms with van der Waals surface area (Å²) >= 11 is 0. The van der Waals surface area contributed by atoms with Crippen LogP contribution < -0.4 is 4.90 Å². The smallest absolute Gasteiger partial charge is 0.146 e. The van der Waals surface area contributed by atoms with Crippen molar-refractivity contribution in [3.63, 3.8) is 0 Å². The van der Waals surface area contributed by atoms with Crippen molar-refractivity contribution in [2.24, 2.45) is 5.92 Å². The first kappa shape index (κ1) is 13.3. The van der Waals surface area contributed by atoms with E-state index in [1.165, 1.54) is 6.07 Å². The number of benzene rings is 1. The highest BCUT2D eigenvalue weighted by atomic mass is 19.1. The molecule has 0 amide bonds. The average molecular weight is 253 g/mol. The zero-order valence-corrected chi connectivity index (χ0v) is 10.8. The molecule has 1 aromatic carbocycles. The van der Waals surface area contributed by atoms with E-state index in [4.69, 9.17) is 0 Å². The Bertz CT molecular complexity index is 422. The Morgan fingerprint density at radius 3 is 2.72 bits per heavy atom. The molecule has 3 nitrogen and oxygen atoms in total. The van der Waals surface area contributed by atoms with Crippen molar-refractivity contribution < 1.29 is 14.6 Å². The van der Waals surface area contributed by atoms with Crippen molar-refractivity contribution in [3.8, 4) is 0 Å². The summed E-state index contributed by atoms with van der Waals surface area (Å²) in [7, 11) is 0. The number of rotatable bonds is 2. The second-order valence-corrected chi connectivity index (χ2v) is 5.17. The van der Waals surface area contributed by atoms with Gasteiger partial charge in [0.05, 0.1) is 17.9 Å². The minimum atomic E-state index is -0.666. The van der Waals surface area contributed by atoms with Gasteiger partial charge in [-0.1, -0.05) is 13.0 Å². The minimum absolute atomic E-state index is 0.265. The Balaban J connectivity index is 2.19. The van der Waals surface area contributed by atoms with E-state index in [-0.39, 0.29) is 11.7 Å². The number of hydrogen-bond acceptors (Lipinski definition) is 3. The van der Waals surface area contributed by atoms with Crippen LogP contribution in [0.4, 0.5) is 10.1 Å². The lowest BCUT2D eigenvalue weighted by Crippen LogP contribution is -2.43. The molecule has 1 saturated heterocycles. The first-order chi connectivity index (χ1) is 8.49. The van der Waals surface area contributed by atoms with Crippen molar-refractivity contribution in [3.05, 3.63) is 29.6 Å². The molecule has 1 aliphatic heterocycles. The second-order valence-electron chi connectivity index (χ2n) is 5.17. The third-order valence-corrected chi connectivity index (χ3v) is 3.71. The summed E-state index contributed by atoms with van der Waals surface area (Å²) < 4.78 is 14.0. The average Bonchev–Trinajstić information content (AvgIpc) is 2.32. The molecule has 18 heavy (non-hydrogen) atoms. The molecule has 2 unspecified atom stereocenters. The predicted molar refractivity (Wildman–Crippen MR) is 69.0 cm³/mol. The first-order valence-electron chi connectivity index (χ1n) is 6.39. The largest absolute Gasteiger partial charge is 0.391 e. The Morgan fingerprint density at radius 1 is 1.44 bits per heavy atom. The van der Waals surface area contributed by atoms with E-state index in [0.717, 1.165) is 13.0 Å². The first-order valence-corrected chi connectivity index (χ1v) is 6.39. The molecular weight excluding hydrogens is 233 g/mol. The molecule has 0 radical (unpaired) electrons. The Labute approximate surface area is 107 Å². The maximum Gasteiger partial charge on any atom is 0.146 e. The highest BCUT2D eigenvalue weighted by molar-refractivity contribution is 5.50. The van der Waals surface area contributed by atoms with Crippen LogP contribution in [0.2, 0.25) is 0 Å². The monoisotopic (exact) mass is 253 g/mol. The molecule has 1 fully saturated rings. The van der Waals surface area contributed by atoms with Gasteiger partial charge < -0.3 is 15.1 Å². The summed E-state index contributed by atoms with van der Waals surface area (Å²) in [5, 5.41) is 19.2. The third-order valence-electron chi connectivity index (χ3n) is 3.71. The summed E-state index contributed by atoms with van der Waals surface area (Å²) in [6, 6.07) is 4.78. The fraction of sp³-hybridized carbons (Fsp3) is 0.571. The maximum absolute atomic E-state index is 14.0. The van der Waals surface area contributed by atoms with E-state index in [0.29, 0.717) is 17.8 Å². The molecular formula is C14H20FNO2. The standard InChI is InChI=1S/C14H20FNO2/c1-9-5-6-16(8-14(9)18)13-4-3-11(10(2)17)7-12(13)15/h3-4,7,9-10,14,17-18H,5-6,8H2,1-2H3/t9?,10-,14?/m0/s1. The molecule has 2 rings (SSSR count).